The SMILES string of the molecule is COC(=O)CC1(C(C)(C)N)CCc2cc(Br)ccc21. The fourth-order valence-electron chi connectivity index (χ4n) is 3.12. The van der Waals surface area contributed by atoms with Gasteiger partial charge in [0.2, 0.25) is 0 Å². The standard InChI is InChI=1S/C15H20BrNO2/c1-14(2,17)15(9-13(18)19-3)7-6-10-8-11(16)4-5-12(10)15/h4-5,8H,6-7,9,17H2,1-3H3. The Labute approximate surface area is 122 Å². The Morgan fingerprint density at radius 3 is 2.79 bits per heavy atom. The molecule has 1 atom stereocenters. The molecule has 3 nitrogen and oxygen atoms in total. The first-order valence-corrected chi connectivity index (χ1v) is 7.24. The van der Waals surface area contributed by atoms with Gasteiger partial charge in [-0.25, -0.2) is 0 Å². The number of hydrogen-bond donors (Lipinski definition) is 1. The lowest BCUT2D eigenvalue weighted by atomic mass is 9.66. The maximum atomic E-state index is 11.8. The minimum atomic E-state index is -0.472. The number of halogens is 1. The molecule has 0 heterocycles. The van der Waals surface area contributed by atoms with Crippen LogP contribution in [0.4, 0.5) is 0 Å². The zero-order valence-electron chi connectivity index (χ0n) is 11.6. The Kier molecular flexibility index (Phi) is 3.76. The van der Waals surface area contributed by atoms with Crippen molar-refractivity contribution in [1.82, 2.24) is 0 Å². The van der Waals surface area contributed by atoms with Crippen molar-refractivity contribution in [1.29, 1.82) is 0 Å². The molecule has 2 N–H and O–H groups in total. The second kappa shape index (κ2) is 4.91. The quantitative estimate of drug-likeness (QED) is 0.869. The number of aryl methyl sites for hydroxylation is 1. The Morgan fingerprint density at radius 1 is 1.53 bits per heavy atom. The topological polar surface area (TPSA) is 52.3 Å². The molecular formula is C15H20BrNO2. The number of nitrogens with two attached hydrogens (primary N) is 1. The molecule has 0 bridgehead atoms. The summed E-state index contributed by atoms with van der Waals surface area (Å²) in [5.41, 5.74) is 8.07. The van der Waals surface area contributed by atoms with E-state index in [4.69, 9.17) is 10.5 Å². The Hall–Kier alpha value is -0.870. The average molecular weight is 326 g/mol. The lowest BCUT2D eigenvalue weighted by Crippen LogP contribution is -2.54. The van der Waals surface area contributed by atoms with Crippen molar-refractivity contribution in [2.45, 2.75) is 44.1 Å². The molecule has 4 heteroatoms. The highest BCUT2D eigenvalue weighted by molar-refractivity contribution is 9.10. The Bertz CT molecular complexity index is 507. The van der Waals surface area contributed by atoms with Gasteiger partial charge < -0.3 is 10.5 Å². The molecule has 0 aromatic heterocycles. The van der Waals surface area contributed by atoms with Crippen LogP contribution in [-0.4, -0.2) is 18.6 Å². The first kappa shape index (κ1) is 14.5. The van der Waals surface area contributed by atoms with Gasteiger partial charge in [-0.2, -0.15) is 0 Å². The molecular weight excluding hydrogens is 306 g/mol. The highest BCUT2D eigenvalue weighted by Gasteiger charge is 2.49. The number of methoxy groups -OCH3 is 1. The molecule has 0 saturated carbocycles. The van der Waals surface area contributed by atoms with E-state index in [0.717, 1.165) is 17.3 Å². The van der Waals surface area contributed by atoms with E-state index in [-0.39, 0.29) is 11.4 Å². The van der Waals surface area contributed by atoms with Crippen molar-refractivity contribution in [3.05, 3.63) is 33.8 Å². The van der Waals surface area contributed by atoms with Crippen molar-refractivity contribution >= 4 is 21.9 Å². The summed E-state index contributed by atoms with van der Waals surface area (Å²) in [7, 11) is 1.43. The number of ether oxygens (including phenoxy) is 1. The van der Waals surface area contributed by atoms with Crippen LogP contribution < -0.4 is 5.73 Å². The van der Waals surface area contributed by atoms with Crippen LogP contribution in [0.15, 0.2) is 22.7 Å². The predicted octanol–water partition coefficient (Wildman–Crippen LogP) is 2.93. The fraction of sp³-hybridized carbons (Fsp3) is 0.533. The van der Waals surface area contributed by atoms with E-state index in [2.05, 4.69) is 28.1 Å². The lowest BCUT2D eigenvalue weighted by molar-refractivity contribution is -0.142. The molecule has 1 aliphatic carbocycles. The summed E-state index contributed by atoms with van der Waals surface area (Å²) >= 11 is 3.49. The second-order valence-electron chi connectivity index (χ2n) is 5.86. The van der Waals surface area contributed by atoms with Crippen molar-refractivity contribution in [2.75, 3.05) is 7.11 Å². The van der Waals surface area contributed by atoms with E-state index >= 15 is 0 Å². The lowest BCUT2D eigenvalue weighted by Gasteiger charge is -2.42. The summed E-state index contributed by atoms with van der Waals surface area (Å²) in [5, 5.41) is 0. The van der Waals surface area contributed by atoms with Gasteiger partial charge >= 0.3 is 5.97 Å². The Morgan fingerprint density at radius 2 is 2.21 bits per heavy atom. The number of rotatable bonds is 3. The number of benzene rings is 1. The molecule has 2 rings (SSSR count). The van der Waals surface area contributed by atoms with Crippen LogP contribution in [0.1, 0.15) is 37.8 Å². The van der Waals surface area contributed by atoms with Crippen molar-refractivity contribution in [2.24, 2.45) is 5.73 Å². The van der Waals surface area contributed by atoms with Crippen molar-refractivity contribution in [3.8, 4) is 0 Å². The van der Waals surface area contributed by atoms with Gasteiger partial charge in [0.25, 0.3) is 0 Å². The van der Waals surface area contributed by atoms with Gasteiger partial charge in [-0.1, -0.05) is 22.0 Å². The summed E-state index contributed by atoms with van der Waals surface area (Å²) in [6.45, 7) is 3.99. The first-order valence-electron chi connectivity index (χ1n) is 6.45. The summed E-state index contributed by atoms with van der Waals surface area (Å²) in [6.07, 6.45) is 2.17. The largest absolute Gasteiger partial charge is 0.469 e. The fourth-order valence-corrected chi connectivity index (χ4v) is 3.53. The predicted molar refractivity (Wildman–Crippen MR) is 79.0 cm³/mol. The molecule has 0 aliphatic heterocycles. The molecule has 1 aromatic carbocycles. The molecule has 0 fully saturated rings. The summed E-state index contributed by atoms with van der Waals surface area (Å²) < 4.78 is 5.93. The molecule has 0 amide bonds. The van der Waals surface area contributed by atoms with Crippen molar-refractivity contribution in [3.63, 3.8) is 0 Å². The van der Waals surface area contributed by atoms with Crippen LogP contribution in [0.2, 0.25) is 0 Å². The summed E-state index contributed by atoms with van der Waals surface area (Å²) in [6, 6.07) is 6.23. The van der Waals surface area contributed by atoms with Crippen LogP contribution in [-0.2, 0) is 21.4 Å². The van der Waals surface area contributed by atoms with Gasteiger partial charge in [0.05, 0.1) is 13.5 Å². The molecule has 1 aliphatic rings. The van der Waals surface area contributed by atoms with Crippen LogP contribution in [0, 0.1) is 0 Å². The smallest absolute Gasteiger partial charge is 0.306 e. The Balaban J connectivity index is 2.52. The average Bonchev–Trinajstić information content (AvgIpc) is 2.68. The van der Waals surface area contributed by atoms with Gasteiger partial charge in [0.15, 0.2) is 0 Å². The highest BCUT2D eigenvalue weighted by atomic mass is 79.9. The normalized spacial score (nSPS) is 22.2. The van der Waals surface area contributed by atoms with Gasteiger partial charge in [-0.15, -0.1) is 0 Å². The minimum Gasteiger partial charge on any atom is -0.469 e. The maximum absolute atomic E-state index is 11.8. The first-order chi connectivity index (χ1) is 8.80. The number of carbonyl (C=O) groups excluding carboxylic acids is 1. The van der Waals surface area contributed by atoms with E-state index in [0.29, 0.717) is 6.42 Å². The third-order valence-electron chi connectivity index (χ3n) is 4.31. The monoisotopic (exact) mass is 325 g/mol. The van der Waals surface area contributed by atoms with E-state index in [1.165, 1.54) is 18.2 Å². The van der Waals surface area contributed by atoms with Gasteiger partial charge in [-0.05, 0) is 49.9 Å². The third-order valence-corrected chi connectivity index (χ3v) is 4.80. The molecule has 0 spiro atoms. The molecule has 0 radical (unpaired) electrons. The molecule has 104 valence electrons. The zero-order chi connectivity index (χ0) is 14.3. The number of esters is 1. The van der Waals surface area contributed by atoms with Crippen LogP contribution in [0.3, 0.4) is 0 Å². The van der Waals surface area contributed by atoms with E-state index in [9.17, 15) is 4.79 Å². The van der Waals surface area contributed by atoms with Gasteiger partial charge in [0, 0.05) is 15.4 Å². The van der Waals surface area contributed by atoms with Crippen LogP contribution >= 0.6 is 15.9 Å². The third kappa shape index (κ3) is 2.43. The number of fused-ring (bicyclic) bond motifs is 1. The molecule has 1 unspecified atom stereocenters. The molecule has 0 saturated heterocycles. The summed E-state index contributed by atoms with van der Waals surface area (Å²) in [4.78, 5) is 11.8. The maximum Gasteiger partial charge on any atom is 0.306 e. The molecule has 1 aromatic rings. The van der Waals surface area contributed by atoms with E-state index < -0.39 is 5.54 Å². The zero-order valence-corrected chi connectivity index (χ0v) is 13.2. The van der Waals surface area contributed by atoms with Crippen LogP contribution in [0.25, 0.3) is 0 Å². The minimum absolute atomic E-state index is 0.200. The van der Waals surface area contributed by atoms with Crippen molar-refractivity contribution < 1.29 is 9.53 Å². The van der Waals surface area contributed by atoms with Crippen LogP contribution in [0.5, 0.6) is 0 Å². The van der Waals surface area contributed by atoms with E-state index in [1.807, 2.05) is 19.9 Å². The summed E-state index contributed by atoms with van der Waals surface area (Å²) in [5.74, 6) is -0.200. The second-order valence-corrected chi connectivity index (χ2v) is 6.77. The number of carbonyl (C=O) groups is 1. The van der Waals surface area contributed by atoms with E-state index in [1.54, 1.807) is 0 Å². The van der Waals surface area contributed by atoms with Gasteiger partial charge in [0.1, 0.15) is 0 Å². The van der Waals surface area contributed by atoms with Gasteiger partial charge in [-0.3, -0.25) is 4.79 Å². The molecule has 19 heavy (non-hydrogen) atoms. The number of hydrogen-bond acceptors (Lipinski definition) is 3. The highest BCUT2D eigenvalue weighted by Crippen LogP contribution is 2.48.